The zero-order chi connectivity index (χ0) is 93.0. The lowest BCUT2D eigenvalue weighted by molar-refractivity contribution is 1.03. The third kappa shape index (κ3) is 75.4. The van der Waals surface area contributed by atoms with E-state index in [2.05, 4.69) is 176 Å². The van der Waals surface area contributed by atoms with Gasteiger partial charge in [0.2, 0.25) is 0 Å². The van der Waals surface area contributed by atoms with Crippen LogP contribution in [0.4, 0.5) is 0 Å². The smallest absolute Gasteiger partial charge is 0.125 e. The Hall–Kier alpha value is -10.6. The minimum absolute atomic E-state index is 0.829. The van der Waals surface area contributed by atoms with Gasteiger partial charge in [-0.25, -0.2) is 19.9 Å². The molecule has 13 aromatic rings. The first-order valence-electron chi connectivity index (χ1n) is 42.9. The molecule has 0 aliphatic heterocycles. The second-order valence-corrected chi connectivity index (χ2v) is 23.6. The Kier molecular flexibility index (Phi) is 94.5. The molecule has 13 rings (SSSR count). The molecule has 118 heavy (non-hydrogen) atoms. The molecule has 0 saturated heterocycles. The van der Waals surface area contributed by atoms with Gasteiger partial charge in [-0.3, -0.25) is 49.8 Å². The number of nitrogens with zero attached hydrogens (tertiary/aromatic N) is 14. The van der Waals surface area contributed by atoms with Crippen LogP contribution in [0.15, 0.2) is 208 Å². The number of benzene rings is 3. The van der Waals surface area contributed by atoms with Crippen molar-refractivity contribution in [1.82, 2.24) is 69.8 Å². The molecule has 14 heteroatoms. The summed E-state index contributed by atoms with van der Waals surface area (Å²) in [6.45, 7) is 87.9. The number of fused-ring (bicyclic) bond motifs is 2. The quantitative estimate of drug-likeness (QED) is 0.131. The molecule has 0 N–H and O–H groups in total. The van der Waals surface area contributed by atoms with Crippen LogP contribution in [0.5, 0.6) is 0 Å². The lowest BCUT2D eigenvalue weighted by Crippen LogP contribution is -1.84. The molecule has 0 fully saturated rings. The van der Waals surface area contributed by atoms with E-state index in [-0.39, 0.29) is 0 Å². The highest BCUT2D eigenvalue weighted by atomic mass is 14.9. The fraction of sp³-hybridized carbons (Fsp3) is 0.423. The normalized spacial score (nSPS) is 8.34. The number of rotatable bonds is 0. The predicted molar refractivity (Wildman–Crippen MR) is 524 cm³/mol. The van der Waals surface area contributed by atoms with Crippen molar-refractivity contribution < 1.29 is 0 Å². The minimum Gasteiger partial charge on any atom is -0.264 e. The van der Waals surface area contributed by atoms with Crippen molar-refractivity contribution in [1.29, 1.82) is 0 Å². The van der Waals surface area contributed by atoms with Crippen molar-refractivity contribution >= 4 is 21.5 Å². The van der Waals surface area contributed by atoms with Crippen molar-refractivity contribution in [3.63, 3.8) is 0 Å². The lowest BCUT2D eigenvalue weighted by Gasteiger charge is -2.04. The van der Waals surface area contributed by atoms with E-state index < -0.39 is 0 Å². The van der Waals surface area contributed by atoms with Crippen LogP contribution >= 0.6 is 0 Å². The first-order valence-corrected chi connectivity index (χ1v) is 42.9. The van der Waals surface area contributed by atoms with Gasteiger partial charge in [0.05, 0.1) is 22.8 Å². The Morgan fingerprint density at radius 1 is 0.153 bits per heavy atom. The van der Waals surface area contributed by atoms with Crippen molar-refractivity contribution in [3.8, 4) is 0 Å². The van der Waals surface area contributed by atoms with Crippen molar-refractivity contribution in [2.45, 2.75) is 305 Å². The average Bonchev–Trinajstić information content (AvgIpc) is 0.796. The van der Waals surface area contributed by atoms with E-state index in [9.17, 15) is 0 Å². The van der Waals surface area contributed by atoms with Crippen LogP contribution in [0.2, 0.25) is 0 Å². The maximum Gasteiger partial charge on any atom is 0.125 e. The van der Waals surface area contributed by atoms with Crippen LogP contribution in [0.25, 0.3) is 21.5 Å². The second kappa shape index (κ2) is 88.8. The summed E-state index contributed by atoms with van der Waals surface area (Å²) in [7, 11) is 0. The van der Waals surface area contributed by atoms with Crippen LogP contribution in [0.1, 0.15) is 277 Å². The fourth-order valence-corrected chi connectivity index (χ4v) is 7.91. The first-order chi connectivity index (χ1) is 56.6. The summed E-state index contributed by atoms with van der Waals surface area (Å²) in [5.74, 6) is 1.66. The first kappa shape index (κ1) is 126. The summed E-state index contributed by atoms with van der Waals surface area (Å²) in [4.78, 5) is 56.3. The molecule has 0 aliphatic rings. The Morgan fingerprint density at radius 2 is 0.407 bits per heavy atom. The molecule has 14 nitrogen and oxygen atoms in total. The highest BCUT2D eigenvalue weighted by Gasteiger charge is 1.99. The summed E-state index contributed by atoms with van der Waals surface area (Å²) in [5, 5.41) is 5.31. The number of hydrogen-bond donors (Lipinski definition) is 0. The van der Waals surface area contributed by atoms with Gasteiger partial charge in [-0.1, -0.05) is 224 Å². The Bertz CT molecular complexity index is 3510. The van der Waals surface area contributed by atoms with Gasteiger partial charge in [0.25, 0.3) is 0 Å². The zero-order valence-electron chi connectivity index (χ0n) is 82.9. The molecule has 652 valence electrons. The SMILES string of the molecule is CC.CC.CC.CC.CC.CC.CC.CC.CC.CC.CC.Cc1ccc(C)nc1.Cc1ccc(C)nc1.Cc1ccc2cc3cc(C)ccc3cc2c1.Cc1cccc(C)n1.Cc1ccnc(C)c1.Cc1ccnc(C)c1.Cc1cnc(C)cn1.Cc1cnc(C)cn1.Cc1cnc(C)nc1.Cc1cnc(C)nc1.Cc1cncc(C)c1. The number of hydrogen-bond acceptors (Lipinski definition) is 14. The van der Waals surface area contributed by atoms with Crippen molar-refractivity contribution in [3.05, 3.63) is 332 Å². The summed E-state index contributed by atoms with van der Waals surface area (Å²) in [5.41, 5.74) is 22.7. The average molecular weight is 1610 g/mol. The number of pyridine rings is 6. The van der Waals surface area contributed by atoms with Gasteiger partial charge in [0.15, 0.2) is 0 Å². The van der Waals surface area contributed by atoms with E-state index in [1.807, 2.05) is 381 Å². The van der Waals surface area contributed by atoms with Crippen LogP contribution < -0.4 is 0 Å². The van der Waals surface area contributed by atoms with E-state index in [1.165, 1.54) is 66.1 Å². The van der Waals surface area contributed by atoms with Crippen LogP contribution in [0, 0.1) is 152 Å². The van der Waals surface area contributed by atoms with Crippen LogP contribution in [0.3, 0.4) is 0 Å². The molecule has 3 aromatic carbocycles. The molecule has 10 heterocycles. The summed E-state index contributed by atoms with van der Waals surface area (Å²) in [6, 6.07) is 42.1. The molecule has 0 bridgehead atoms. The minimum atomic E-state index is 0.829. The second-order valence-electron chi connectivity index (χ2n) is 23.6. The van der Waals surface area contributed by atoms with E-state index in [0.29, 0.717) is 0 Å². The van der Waals surface area contributed by atoms with Gasteiger partial charge in [0.1, 0.15) is 11.6 Å². The number of aryl methyl sites for hydroxylation is 22. The van der Waals surface area contributed by atoms with E-state index in [4.69, 9.17) is 0 Å². The molecule has 0 amide bonds. The lowest BCUT2D eigenvalue weighted by atomic mass is 10.0. The summed E-state index contributed by atoms with van der Waals surface area (Å²) in [6.07, 6.45) is 25.4. The molecule has 0 aliphatic carbocycles. The van der Waals surface area contributed by atoms with Gasteiger partial charge < -0.3 is 0 Å². The highest BCUT2D eigenvalue weighted by Crippen LogP contribution is 2.24. The standard InChI is InChI=1S/C16H14.6C7H9N.4C6H8N2.11C2H6/c1-11-3-5-13-10-16-8-12(2)4-6-14(16)9-15(13)7-11;1-6-3-7(2)5-8-4-6;2*1-6-3-4-8-7(2)5-6;2*1-6-3-4-7(2)8-5-6;1-6-4-3-5-7(2)8-6;2*1-5-3-8-6(2)4-7-5;2*1-5-3-7-6(2)8-4-5;11*1-2/h3-10H,1-2H3;6*3-5H,1-2H3;4*3-4H,1-2H3;11*1-2H3. The Balaban J connectivity index is -0.000000155. The van der Waals surface area contributed by atoms with Crippen LogP contribution in [-0.4, -0.2) is 69.8 Å². The zero-order valence-corrected chi connectivity index (χ0v) is 82.9. The molecule has 0 unspecified atom stereocenters. The third-order valence-electron chi connectivity index (χ3n) is 13.0. The highest BCUT2D eigenvalue weighted by molar-refractivity contribution is 5.98. The van der Waals surface area contributed by atoms with E-state index in [0.717, 1.165) is 79.7 Å². The van der Waals surface area contributed by atoms with Gasteiger partial charge in [-0.05, 0) is 279 Å². The fourth-order valence-electron chi connectivity index (χ4n) is 7.91. The van der Waals surface area contributed by atoms with Gasteiger partial charge >= 0.3 is 0 Å². The molecular weight excluding hydrogens is 1450 g/mol. The molecule has 0 spiro atoms. The van der Waals surface area contributed by atoms with Gasteiger partial charge in [0, 0.05) is 121 Å². The van der Waals surface area contributed by atoms with Gasteiger partial charge in [-0.15, -0.1) is 0 Å². The largest absolute Gasteiger partial charge is 0.264 e. The molecular formula is C104H166N14. The molecule has 0 radical (unpaired) electrons. The summed E-state index contributed by atoms with van der Waals surface area (Å²) < 4.78 is 0. The topological polar surface area (TPSA) is 180 Å². The van der Waals surface area contributed by atoms with Crippen LogP contribution in [-0.2, 0) is 0 Å². The maximum absolute atomic E-state index is 4.17. The van der Waals surface area contributed by atoms with Crippen molar-refractivity contribution in [2.75, 3.05) is 0 Å². The molecule has 0 atom stereocenters. The molecule has 0 saturated carbocycles. The van der Waals surface area contributed by atoms with E-state index in [1.54, 1.807) is 24.8 Å². The Morgan fingerprint density at radius 3 is 0.593 bits per heavy atom. The third-order valence-corrected chi connectivity index (χ3v) is 13.0. The van der Waals surface area contributed by atoms with Crippen molar-refractivity contribution in [2.24, 2.45) is 0 Å². The maximum atomic E-state index is 4.17. The Labute approximate surface area is 724 Å². The molecule has 10 aromatic heterocycles. The monoisotopic (exact) mass is 1610 g/mol. The summed E-state index contributed by atoms with van der Waals surface area (Å²) >= 11 is 0. The number of aromatic nitrogens is 14. The van der Waals surface area contributed by atoms with Gasteiger partial charge in [-0.2, -0.15) is 0 Å². The predicted octanol–water partition coefficient (Wildman–Crippen LogP) is 30.5. The van der Waals surface area contributed by atoms with E-state index >= 15 is 0 Å².